The van der Waals surface area contributed by atoms with Gasteiger partial charge in [0, 0.05) is 11.7 Å². The number of rotatable bonds is 7. The van der Waals surface area contributed by atoms with Gasteiger partial charge >= 0.3 is 5.97 Å². The van der Waals surface area contributed by atoms with Crippen LogP contribution in [0.4, 0.5) is 5.69 Å². The molecule has 1 rings (SSSR count). The average molecular weight is 265 g/mol. The first-order valence-corrected chi connectivity index (χ1v) is 6.60. The summed E-state index contributed by atoms with van der Waals surface area (Å²) in [4.78, 5) is 14.1. The lowest BCUT2D eigenvalue weighted by Crippen LogP contribution is -2.36. The fourth-order valence-corrected chi connectivity index (χ4v) is 1.97. The first-order chi connectivity index (χ1) is 9.12. The Balaban J connectivity index is 2.55. The molecule has 1 aromatic carbocycles. The fourth-order valence-electron chi connectivity index (χ4n) is 1.97. The number of nitrogens with zero attached hydrogens (tertiary/aromatic N) is 1. The Labute approximate surface area is 114 Å². The minimum absolute atomic E-state index is 0.217. The summed E-state index contributed by atoms with van der Waals surface area (Å²) in [6.45, 7) is 8.53. The number of nitrogens with two attached hydrogens (primary N) is 1. The summed E-state index contributed by atoms with van der Waals surface area (Å²) in [6, 6.07) is 7.15. The molecule has 19 heavy (non-hydrogen) atoms. The van der Waals surface area contributed by atoms with Gasteiger partial charge in [0.1, 0.15) is 6.61 Å². The minimum atomic E-state index is -0.323. The first-order valence-electron chi connectivity index (χ1n) is 6.60. The van der Waals surface area contributed by atoms with Gasteiger partial charge in [0.05, 0.1) is 5.56 Å². The van der Waals surface area contributed by atoms with Crippen LogP contribution in [0, 0.1) is 0 Å². The number of nitrogen functional groups attached to an aromatic ring is 1. The van der Waals surface area contributed by atoms with E-state index < -0.39 is 0 Å². The monoisotopic (exact) mass is 265 g/mol. The molecular weight excluding hydrogens is 242 g/mol. The smallest absolute Gasteiger partial charge is 0.338 e. The fraction of sp³-hybridized carbons (Fsp3) is 0.500. The molecule has 0 bridgehead atoms. The third-order valence-corrected chi connectivity index (χ3v) is 3.16. The number of nitrogens with one attached hydrogen (secondary N) is 1. The summed E-state index contributed by atoms with van der Waals surface area (Å²) in [7, 11) is 0. The summed E-state index contributed by atoms with van der Waals surface area (Å²) in [5.41, 5.74) is 3.70. The number of carbonyl (C=O) groups is 1. The highest BCUT2D eigenvalue weighted by molar-refractivity contribution is 5.90. The van der Waals surface area contributed by atoms with Crippen LogP contribution < -0.4 is 11.3 Å². The molecule has 5 heteroatoms. The van der Waals surface area contributed by atoms with Crippen LogP contribution in [0.5, 0.6) is 0 Å². The predicted molar refractivity (Wildman–Crippen MR) is 76.9 cm³/mol. The van der Waals surface area contributed by atoms with Gasteiger partial charge in [-0.15, -0.1) is 0 Å². The van der Waals surface area contributed by atoms with Crippen molar-refractivity contribution < 1.29 is 9.53 Å². The molecule has 0 aromatic heterocycles. The van der Waals surface area contributed by atoms with E-state index in [-0.39, 0.29) is 12.0 Å². The number of hydrazine groups is 1. The number of ether oxygens (including phenoxy) is 1. The number of esters is 1. The summed E-state index contributed by atoms with van der Waals surface area (Å²) in [6.07, 6.45) is 0. The van der Waals surface area contributed by atoms with E-state index in [0.29, 0.717) is 17.9 Å². The standard InChI is InChI=1S/C14H23N3O2/c1-4-17(5-2)11(3)10-19-14(18)12-7-6-8-13(9-12)16-15/h6-9,11,16H,4-5,10,15H2,1-3H3. The molecule has 5 nitrogen and oxygen atoms in total. The van der Waals surface area contributed by atoms with Crippen molar-refractivity contribution in [1.82, 2.24) is 4.90 Å². The van der Waals surface area contributed by atoms with Gasteiger partial charge in [-0.1, -0.05) is 19.9 Å². The van der Waals surface area contributed by atoms with Crippen molar-refractivity contribution in [2.24, 2.45) is 5.84 Å². The molecule has 0 radical (unpaired) electrons. The van der Waals surface area contributed by atoms with Crippen molar-refractivity contribution in [3.63, 3.8) is 0 Å². The van der Waals surface area contributed by atoms with E-state index in [1.54, 1.807) is 24.3 Å². The number of hydrogen-bond acceptors (Lipinski definition) is 5. The van der Waals surface area contributed by atoms with Gasteiger partial charge in [0.15, 0.2) is 0 Å². The molecule has 1 unspecified atom stereocenters. The van der Waals surface area contributed by atoms with Crippen LogP contribution in [0.15, 0.2) is 24.3 Å². The number of likely N-dealkylation sites (N-methyl/N-ethyl adjacent to an activating group) is 1. The topological polar surface area (TPSA) is 67.6 Å². The van der Waals surface area contributed by atoms with Gasteiger partial charge in [-0.05, 0) is 38.2 Å². The predicted octanol–water partition coefficient (Wildman–Crippen LogP) is 1.86. The number of anilines is 1. The summed E-state index contributed by atoms with van der Waals surface area (Å²) in [5.74, 6) is 4.98. The maximum absolute atomic E-state index is 11.9. The normalized spacial score (nSPS) is 12.3. The second-order valence-corrected chi connectivity index (χ2v) is 4.39. The zero-order valence-corrected chi connectivity index (χ0v) is 11.8. The molecular formula is C14H23N3O2. The zero-order chi connectivity index (χ0) is 14.3. The van der Waals surface area contributed by atoms with E-state index in [1.165, 1.54) is 0 Å². The van der Waals surface area contributed by atoms with Crippen LogP contribution in [-0.4, -0.2) is 36.6 Å². The maximum Gasteiger partial charge on any atom is 0.338 e. The number of hydrogen-bond donors (Lipinski definition) is 2. The molecule has 0 aliphatic rings. The molecule has 0 saturated carbocycles. The molecule has 3 N–H and O–H groups in total. The van der Waals surface area contributed by atoms with Crippen molar-refractivity contribution in [2.45, 2.75) is 26.8 Å². The lowest BCUT2D eigenvalue weighted by atomic mass is 10.2. The van der Waals surface area contributed by atoms with Gasteiger partial charge in [0.2, 0.25) is 0 Å². The molecule has 0 aliphatic carbocycles. The molecule has 0 heterocycles. The Bertz CT molecular complexity index is 405. The van der Waals surface area contributed by atoms with E-state index >= 15 is 0 Å². The molecule has 106 valence electrons. The lowest BCUT2D eigenvalue weighted by molar-refractivity contribution is 0.0381. The Hall–Kier alpha value is -1.59. The third kappa shape index (κ3) is 4.54. The van der Waals surface area contributed by atoms with Crippen molar-refractivity contribution >= 4 is 11.7 Å². The Morgan fingerprint density at radius 1 is 1.42 bits per heavy atom. The van der Waals surface area contributed by atoms with E-state index in [2.05, 4.69) is 31.1 Å². The van der Waals surface area contributed by atoms with E-state index in [9.17, 15) is 4.79 Å². The van der Waals surface area contributed by atoms with E-state index in [1.807, 2.05) is 0 Å². The van der Waals surface area contributed by atoms with Gasteiger partial charge in [0.25, 0.3) is 0 Å². The molecule has 0 spiro atoms. The summed E-state index contributed by atoms with van der Waals surface area (Å²) in [5, 5.41) is 0. The SMILES string of the molecule is CCN(CC)C(C)COC(=O)c1cccc(NN)c1. The van der Waals surface area contributed by atoms with Crippen LogP contribution >= 0.6 is 0 Å². The highest BCUT2D eigenvalue weighted by Gasteiger charge is 2.14. The highest BCUT2D eigenvalue weighted by atomic mass is 16.5. The van der Waals surface area contributed by atoms with Crippen LogP contribution in [0.2, 0.25) is 0 Å². The Morgan fingerprint density at radius 3 is 2.68 bits per heavy atom. The second kappa shape index (κ2) is 7.76. The largest absolute Gasteiger partial charge is 0.460 e. The van der Waals surface area contributed by atoms with Crippen molar-refractivity contribution in [3.05, 3.63) is 29.8 Å². The molecule has 0 fully saturated rings. The highest BCUT2D eigenvalue weighted by Crippen LogP contribution is 2.11. The first kappa shape index (κ1) is 15.5. The molecule has 1 atom stereocenters. The number of benzene rings is 1. The zero-order valence-electron chi connectivity index (χ0n) is 11.8. The van der Waals surface area contributed by atoms with Crippen LogP contribution in [0.25, 0.3) is 0 Å². The Kier molecular flexibility index (Phi) is 6.32. The van der Waals surface area contributed by atoms with Gasteiger partial charge in [-0.25, -0.2) is 4.79 Å². The van der Waals surface area contributed by atoms with Crippen molar-refractivity contribution in [1.29, 1.82) is 0 Å². The molecule has 0 saturated heterocycles. The maximum atomic E-state index is 11.9. The summed E-state index contributed by atoms with van der Waals surface area (Å²) < 4.78 is 5.32. The Morgan fingerprint density at radius 2 is 2.11 bits per heavy atom. The van der Waals surface area contributed by atoms with Gasteiger partial charge in [-0.3, -0.25) is 10.7 Å². The molecule has 0 amide bonds. The van der Waals surface area contributed by atoms with E-state index in [0.717, 1.165) is 13.1 Å². The van der Waals surface area contributed by atoms with Gasteiger partial charge < -0.3 is 10.2 Å². The van der Waals surface area contributed by atoms with Crippen LogP contribution in [0.1, 0.15) is 31.1 Å². The minimum Gasteiger partial charge on any atom is -0.460 e. The quantitative estimate of drug-likeness (QED) is 0.447. The van der Waals surface area contributed by atoms with Crippen molar-refractivity contribution in [3.8, 4) is 0 Å². The molecule has 1 aromatic rings. The van der Waals surface area contributed by atoms with Crippen molar-refractivity contribution in [2.75, 3.05) is 25.1 Å². The van der Waals surface area contributed by atoms with E-state index in [4.69, 9.17) is 10.6 Å². The second-order valence-electron chi connectivity index (χ2n) is 4.39. The lowest BCUT2D eigenvalue weighted by Gasteiger charge is -2.25. The summed E-state index contributed by atoms with van der Waals surface area (Å²) >= 11 is 0. The molecule has 0 aliphatic heterocycles. The average Bonchev–Trinajstić information content (AvgIpc) is 2.46. The van der Waals surface area contributed by atoms with Crippen LogP contribution in [-0.2, 0) is 4.74 Å². The van der Waals surface area contributed by atoms with Gasteiger partial charge in [-0.2, -0.15) is 0 Å². The number of carbonyl (C=O) groups excluding carboxylic acids is 1. The third-order valence-electron chi connectivity index (χ3n) is 3.16. The van der Waals surface area contributed by atoms with Crippen LogP contribution in [0.3, 0.4) is 0 Å².